The highest BCUT2D eigenvalue weighted by atomic mass is 79.9. The fourth-order valence-corrected chi connectivity index (χ4v) is 5.56. The van der Waals surface area contributed by atoms with Gasteiger partial charge in [0.1, 0.15) is 5.69 Å². The first-order valence-corrected chi connectivity index (χ1v) is 10.7. The molecular weight excluding hydrogens is 436 g/mol. The number of carboxylic acid groups (broad SMARTS) is 1. The molecule has 0 bridgehead atoms. The Hall–Kier alpha value is -1.83. The van der Waals surface area contributed by atoms with Crippen molar-refractivity contribution in [3.63, 3.8) is 0 Å². The van der Waals surface area contributed by atoms with E-state index in [4.69, 9.17) is 0 Å². The SMILES string of the molecule is CC(=CC(=O)c1nn(C2CC3(C2)CN(C(=O)O)C3C(C)(C)C)c(C)c1Br)N(C)C. The molecule has 1 saturated carbocycles. The summed E-state index contributed by atoms with van der Waals surface area (Å²) < 4.78 is 2.68. The van der Waals surface area contributed by atoms with Gasteiger partial charge >= 0.3 is 6.09 Å². The quantitative estimate of drug-likeness (QED) is 0.527. The summed E-state index contributed by atoms with van der Waals surface area (Å²) in [5.41, 5.74) is 2.13. The van der Waals surface area contributed by atoms with Gasteiger partial charge < -0.3 is 14.9 Å². The fraction of sp³-hybridized carbons (Fsp3) is 0.667. The van der Waals surface area contributed by atoms with Crippen molar-refractivity contribution in [1.82, 2.24) is 19.6 Å². The first-order valence-electron chi connectivity index (χ1n) is 9.92. The molecular formula is C21H31BrN4O3. The highest BCUT2D eigenvalue weighted by Crippen LogP contribution is 2.62. The summed E-state index contributed by atoms with van der Waals surface area (Å²) in [6.45, 7) is 10.8. The van der Waals surface area contributed by atoms with Crippen LogP contribution in [0.5, 0.6) is 0 Å². The van der Waals surface area contributed by atoms with Gasteiger partial charge in [-0.05, 0) is 48.0 Å². The van der Waals surface area contributed by atoms with Gasteiger partial charge in [0.05, 0.1) is 16.2 Å². The molecule has 3 rings (SSSR count). The van der Waals surface area contributed by atoms with Crippen LogP contribution < -0.4 is 0 Å². The van der Waals surface area contributed by atoms with Crippen LogP contribution in [0.1, 0.15) is 62.8 Å². The molecule has 1 spiro atoms. The van der Waals surface area contributed by atoms with Gasteiger partial charge in [-0.25, -0.2) is 4.79 Å². The Bertz CT molecular complexity index is 875. The highest BCUT2D eigenvalue weighted by molar-refractivity contribution is 9.10. The number of ketones is 1. The molecule has 1 saturated heterocycles. The lowest BCUT2D eigenvalue weighted by Crippen LogP contribution is -2.74. The van der Waals surface area contributed by atoms with Gasteiger partial charge in [0.2, 0.25) is 5.78 Å². The minimum Gasteiger partial charge on any atom is -0.465 e. The number of hydrogen-bond donors (Lipinski definition) is 1. The smallest absolute Gasteiger partial charge is 0.407 e. The summed E-state index contributed by atoms with van der Waals surface area (Å²) in [5.74, 6) is -0.118. The minimum atomic E-state index is -0.840. The third-order valence-electron chi connectivity index (χ3n) is 6.43. The molecule has 160 valence electrons. The van der Waals surface area contributed by atoms with Crippen molar-refractivity contribution < 1.29 is 14.7 Å². The summed E-state index contributed by atoms with van der Waals surface area (Å²) >= 11 is 3.55. The fourth-order valence-electron chi connectivity index (χ4n) is 5.10. The zero-order valence-corrected chi connectivity index (χ0v) is 19.9. The van der Waals surface area contributed by atoms with E-state index in [0.717, 1.165) is 28.7 Å². The Morgan fingerprint density at radius 3 is 2.38 bits per heavy atom. The third kappa shape index (κ3) is 3.60. The van der Waals surface area contributed by atoms with Crippen LogP contribution in [0.4, 0.5) is 4.79 Å². The summed E-state index contributed by atoms with van der Waals surface area (Å²) in [6, 6.07) is 0.197. The zero-order valence-electron chi connectivity index (χ0n) is 18.3. The van der Waals surface area contributed by atoms with Crippen molar-refractivity contribution in [2.75, 3.05) is 20.6 Å². The minimum absolute atomic E-state index is 0.00911. The van der Waals surface area contributed by atoms with Crippen LogP contribution in [-0.4, -0.2) is 63.2 Å². The Morgan fingerprint density at radius 2 is 1.90 bits per heavy atom. The van der Waals surface area contributed by atoms with E-state index in [-0.39, 0.29) is 28.7 Å². The van der Waals surface area contributed by atoms with Gasteiger partial charge in [-0.15, -0.1) is 0 Å². The van der Waals surface area contributed by atoms with E-state index in [0.29, 0.717) is 12.2 Å². The van der Waals surface area contributed by atoms with E-state index >= 15 is 0 Å². The second-order valence-electron chi connectivity index (χ2n) is 9.84. The molecule has 8 heteroatoms. The number of amides is 1. The number of allylic oxidation sites excluding steroid dienone is 2. The second kappa shape index (κ2) is 7.15. The van der Waals surface area contributed by atoms with Gasteiger partial charge in [0.25, 0.3) is 0 Å². The van der Waals surface area contributed by atoms with Crippen molar-refractivity contribution in [3.8, 4) is 0 Å². The summed E-state index contributed by atoms with van der Waals surface area (Å²) in [5, 5.41) is 14.1. The highest BCUT2D eigenvalue weighted by Gasteiger charge is 2.64. The number of rotatable bonds is 4. The number of nitrogens with zero attached hydrogens (tertiary/aromatic N) is 4. The van der Waals surface area contributed by atoms with Crippen LogP contribution >= 0.6 is 15.9 Å². The lowest BCUT2D eigenvalue weighted by atomic mass is 9.50. The first kappa shape index (κ1) is 21.9. The maximum absolute atomic E-state index is 12.7. The zero-order chi connectivity index (χ0) is 21.9. The van der Waals surface area contributed by atoms with Crippen molar-refractivity contribution in [3.05, 3.63) is 27.6 Å². The molecule has 2 aliphatic rings. The number of hydrogen-bond acceptors (Lipinski definition) is 4. The van der Waals surface area contributed by atoms with E-state index in [1.54, 1.807) is 11.0 Å². The number of carbonyl (C=O) groups excluding carboxylic acids is 1. The normalized spacial score (nSPS) is 26.9. The molecule has 1 aliphatic carbocycles. The topological polar surface area (TPSA) is 78.7 Å². The molecule has 0 radical (unpaired) electrons. The van der Waals surface area contributed by atoms with Crippen LogP contribution in [0.3, 0.4) is 0 Å². The van der Waals surface area contributed by atoms with Crippen molar-refractivity contribution in [1.29, 1.82) is 0 Å². The summed E-state index contributed by atoms with van der Waals surface area (Å²) in [4.78, 5) is 27.7. The average Bonchev–Trinajstić information content (AvgIpc) is 2.79. The molecule has 1 aromatic heterocycles. The maximum Gasteiger partial charge on any atom is 0.407 e. The van der Waals surface area contributed by atoms with Crippen LogP contribution in [0.25, 0.3) is 0 Å². The van der Waals surface area contributed by atoms with Gasteiger partial charge in [0.15, 0.2) is 0 Å². The Kier molecular flexibility index (Phi) is 5.39. The third-order valence-corrected chi connectivity index (χ3v) is 7.38. The monoisotopic (exact) mass is 466 g/mol. The molecule has 2 heterocycles. The van der Waals surface area contributed by atoms with E-state index in [9.17, 15) is 14.7 Å². The summed E-state index contributed by atoms with van der Waals surface area (Å²) in [6.07, 6.45) is 2.53. The van der Waals surface area contributed by atoms with Crippen LogP contribution in [0, 0.1) is 17.8 Å². The van der Waals surface area contributed by atoms with Gasteiger partial charge in [-0.3, -0.25) is 9.48 Å². The maximum atomic E-state index is 12.7. The molecule has 1 amide bonds. The van der Waals surface area contributed by atoms with Crippen molar-refractivity contribution in [2.45, 2.75) is 59.5 Å². The molecule has 7 nitrogen and oxygen atoms in total. The van der Waals surface area contributed by atoms with E-state index in [1.807, 2.05) is 37.5 Å². The molecule has 29 heavy (non-hydrogen) atoms. The molecule has 1 N–H and O–H groups in total. The van der Waals surface area contributed by atoms with Crippen LogP contribution in [0.2, 0.25) is 0 Å². The average molecular weight is 467 g/mol. The number of aromatic nitrogens is 2. The second-order valence-corrected chi connectivity index (χ2v) is 10.6. The Morgan fingerprint density at radius 1 is 1.31 bits per heavy atom. The van der Waals surface area contributed by atoms with Crippen molar-refractivity contribution in [2.24, 2.45) is 10.8 Å². The predicted molar refractivity (Wildman–Crippen MR) is 115 cm³/mol. The van der Waals surface area contributed by atoms with E-state index < -0.39 is 6.09 Å². The standard InChI is InChI=1S/C21H31BrN4O3/c1-12(24(6)7)8-15(27)17-16(22)13(2)26(23-17)14-9-21(10-14)11-25(19(28)29)18(21)20(3,4)5/h8,14,18H,9-11H2,1-7H3,(H,28,29). The van der Waals surface area contributed by atoms with Gasteiger partial charge in [-0.1, -0.05) is 20.8 Å². The molecule has 1 atom stereocenters. The molecule has 2 fully saturated rings. The lowest BCUT2D eigenvalue weighted by molar-refractivity contribution is -0.170. The van der Waals surface area contributed by atoms with E-state index in [2.05, 4.69) is 41.8 Å². The molecule has 0 aromatic carbocycles. The molecule has 1 unspecified atom stereocenters. The van der Waals surface area contributed by atoms with E-state index in [1.165, 1.54) is 0 Å². The van der Waals surface area contributed by atoms with Crippen molar-refractivity contribution >= 4 is 27.8 Å². The molecule has 1 aromatic rings. The van der Waals surface area contributed by atoms with Gasteiger partial charge in [0, 0.05) is 43.9 Å². The van der Waals surface area contributed by atoms with Crippen LogP contribution in [0.15, 0.2) is 16.2 Å². The largest absolute Gasteiger partial charge is 0.465 e. The van der Waals surface area contributed by atoms with Crippen LogP contribution in [-0.2, 0) is 0 Å². The summed E-state index contributed by atoms with van der Waals surface area (Å²) in [7, 11) is 3.80. The Labute approximate surface area is 180 Å². The lowest BCUT2D eigenvalue weighted by Gasteiger charge is -2.67. The predicted octanol–water partition coefficient (Wildman–Crippen LogP) is 4.33. The number of halogens is 1. The Balaban J connectivity index is 1.80. The van der Waals surface area contributed by atoms with Gasteiger partial charge in [-0.2, -0.15) is 5.10 Å². The number of carbonyl (C=O) groups is 2. The molecule has 1 aliphatic heterocycles. The first-order chi connectivity index (χ1) is 13.3. The number of likely N-dealkylation sites (tertiary alicyclic amines) is 1.